The molecule has 0 N–H and O–H groups in total. The summed E-state index contributed by atoms with van der Waals surface area (Å²) in [5.41, 5.74) is -0.0915. The van der Waals surface area contributed by atoms with E-state index in [1.54, 1.807) is 0 Å². The first-order valence-electron chi connectivity index (χ1n) is 4.31. The monoisotopic (exact) mass is 296 g/mol. The third-order valence-electron chi connectivity index (χ3n) is 1.95. The average Bonchev–Trinajstić information content (AvgIpc) is 2.24. The first-order chi connectivity index (χ1) is 7.45. The van der Waals surface area contributed by atoms with Crippen molar-refractivity contribution in [1.82, 2.24) is 0 Å². The number of rotatable bonds is 3. The minimum Gasteiger partial charge on any atom is -0.468 e. The largest absolute Gasteiger partial charge is 0.468 e. The Hall–Kier alpha value is -1.04. The zero-order chi connectivity index (χ0) is 12.3. The molecule has 1 aromatic carbocycles. The number of alkyl halides is 1. The number of benzene rings is 1. The maximum absolute atomic E-state index is 13.2. The number of hydrogen-bond acceptors (Lipinski definition) is 2. The van der Waals surface area contributed by atoms with Crippen LogP contribution in [-0.2, 0) is 16.0 Å². The molecule has 0 saturated heterocycles. The molecule has 0 aliphatic carbocycles. The van der Waals surface area contributed by atoms with Crippen molar-refractivity contribution in [3.63, 3.8) is 0 Å². The average molecular weight is 297 g/mol. The number of hydrogen-bond donors (Lipinski definition) is 0. The van der Waals surface area contributed by atoms with Crippen LogP contribution in [0.1, 0.15) is 5.56 Å². The first kappa shape index (κ1) is 13.0. The molecule has 0 saturated carbocycles. The van der Waals surface area contributed by atoms with Gasteiger partial charge in [-0.2, -0.15) is 0 Å². The highest BCUT2D eigenvalue weighted by Gasteiger charge is 2.19. The van der Waals surface area contributed by atoms with Crippen LogP contribution in [0.5, 0.6) is 0 Å². The third-order valence-corrected chi connectivity index (χ3v) is 2.64. The molecule has 1 atom stereocenters. The molecule has 2 nitrogen and oxygen atoms in total. The molecule has 1 rings (SSSR count). The number of methoxy groups -OCH3 is 1. The Kier molecular flexibility index (Phi) is 4.35. The van der Waals surface area contributed by atoms with Crippen molar-refractivity contribution in [2.75, 3.05) is 7.11 Å². The van der Waals surface area contributed by atoms with Gasteiger partial charge in [-0.3, -0.25) is 4.79 Å². The van der Waals surface area contributed by atoms with E-state index in [1.165, 1.54) is 7.11 Å². The molecule has 0 fully saturated rings. The lowest BCUT2D eigenvalue weighted by atomic mass is 10.1. The fraction of sp³-hybridized carbons (Fsp3) is 0.300. The smallest absolute Gasteiger partial charge is 0.319 e. The summed E-state index contributed by atoms with van der Waals surface area (Å²) in [6, 6.07) is 1.17. The van der Waals surface area contributed by atoms with Crippen molar-refractivity contribution in [3.8, 4) is 0 Å². The van der Waals surface area contributed by atoms with E-state index in [0.717, 1.165) is 6.07 Å². The lowest BCUT2D eigenvalue weighted by molar-refractivity contribution is -0.139. The second-order valence-electron chi connectivity index (χ2n) is 3.05. The van der Waals surface area contributed by atoms with Crippen LogP contribution in [0.2, 0.25) is 0 Å². The van der Waals surface area contributed by atoms with E-state index in [1.807, 2.05) is 0 Å². The first-order valence-corrected chi connectivity index (χ1v) is 5.22. The Balaban J connectivity index is 2.89. The van der Waals surface area contributed by atoms with E-state index in [0.29, 0.717) is 6.07 Å². The second kappa shape index (κ2) is 5.34. The van der Waals surface area contributed by atoms with Crippen LogP contribution >= 0.6 is 15.9 Å². The summed E-state index contributed by atoms with van der Waals surface area (Å²) in [7, 11) is 1.18. The quantitative estimate of drug-likeness (QED) is 0.487. The molecule has 0 aliphatic heterocycles. The molecule has 16 heavy (non-hydrogen) atoms. The van der Waals surface area contributed by atoms with Gasteiger partial charge in [-0.25, -0.2) is 13.2 Å². The fourth-order valence-corrected chi connectivity index (χ4v) is 1.66. The van der Waals surface area contributed by atoms with Crippen LogP contribution in [0.3, 0.4) is 0 Å². The number of carbonyl (C=O) groups excluding carboxylic acids is 1. The van der Waals surface area contributed by atoms with E-state index < -0.39 is 28.2 Å². The molecule has 1 unspecified atom stereocenters. The normalized spacial score (nSPS) is 12.3. The van der Waals surface area contributed by atoms with Gasteiger partial charge in [-0.1, -0.05) is 15.9 Å². The van der Waals surface area contributed by atoms with Crippen LogP contribution < -0.4 is 0 Å². The van der Waals surface area contributed by atoms with Crippen molar-refractivity contribution in [2.45, 2.75) is 11.2 Å². The molecule has 0 bridgehead atoms. The highest BCUT2D eigenvalue weighted by atomic mass is 79.9. The molecule has 0 radical (unpaired) electrons. The fourth-order valence-electron chi connectivity index (χ4n) is 1.12. The molecule has 0 amide bonds. The minimum atomic E-state index is -1.26. The topological polar surface area (TPSA) is 26.3 Å². The van der Waals surface area contributed by atoms with E-state index in [-0.39, 0.29) is 12.0 Å². The van der Waals surface area contributed by atoms with Gasteiger partial charge in [0.1, 0.15) is 10.6 Å². The summed E-state index contributed by atoms with van der Waals surface area (Å²) in [6.07, 6.45) is -0.115. The Morgan fingerprint density at radius 2 is 1.88 bits per heavy atom. The Morgan fingerprint density at radius 1 is 1.31 bits per heavy atom. The third kappa shape index (κ3) is 2.98. The zero-order valence-corrected chi connectivity index (χ0v) is 9.85. The molecule has 0 aliphatic rings. The van der Waals surface area contributed by atoms with Gasteiger partial charge in [0.05, 0.1) is 7.11 Å². The summed E-state index contributed by atoms with van der Waals surface area (Å²) < 4.78 is 43.0. The molecule has 0 aromatic heterocycles. The zero-order valence-electron chi connectivity index (χ0n) is 8.27. The highest BCUT2D eigenvalue weighted by molar-refractivity contribution is 9.10. The Bertz CT molecular complexity index is 409. The summed E-state index contributed by atoms with van der Waals surface area (Å²) in [6.45, 7) is 0. The Morgan fingerprint density at radius 3 is 2.44 bits per heavy atom. The SMILES string of the molecule is COC(=O)C(Br)Cc1cc(F)c(F)cc1F. The molecular weight excluding hydrogens is 289 g/mol. The van der Waals surface area contributed by atoms with E-state index in [9.17, 15) is 18.0 Å². The van der Waals surface area contributed by atoms with Gasteiger partial charge in [0.2, 0.25) is 0 Å². The van der Waals surface area contributed by atoms with Crippen molar-refractivity contribution < 1.29 is 22.7 Å². The van der Waals surface area contributed by atoms with Crippen LogP contribution in [0.25, 0.3) is 0 Å². The summed E-state index contributed by atoms with van der Waals surface area (Å²) >= 11 is 2.96. The summed E-state index contributed by atoms with van der Waals surface area (Å²) in [5.74, 6) is -3.91. The van der Waals surface area contributed by atoms with Crippen LogP contribution in [0.4, 0.5) is 13.2 Å². The number of carbonyl (C=O) groups is 1. The maximum atomic E-state index is 13.2. The predicted octanol–water partition coefficient (Wildman–Crippen LogP) is 2.58. The van der Waals surface area contributed by atoms with Gasteiger partial charge in [-0.05, 0) is 18.1 Å². The van der Waals surface area contributed by atoms with E-state index in [4.69, 9.17) is 0 Å². The maximum Gasteiger partial charge on any atom is 0.319 e. The molecule has 6 heteroatoms. The van der Waals surface area contributed by atoms with Crippen molar-refractivity contribution in [1.29, 1.82) is 0 Å². The van der Waals surface area contributed by atoms with Gasteiger partial charge in [-0.15, -0.1) is 0 Å². The second-order valence-corrected chi connectivity index (χ2v) is 4.16. The highest BCUT2D eigenvalue weighted by Crippen LogP contribution is 2.18. The number of esters is 1. The van der Waals surface area contributed by atoms with Crippen LogP contribution in [0, 0.1) is 17.5 Å². The molecule has 0 heterocycles. The molecule has 88 valence electrons. The van der Waals surface area contributed by atoms with Gasteiger partial charge in [0, 0.05) is 6.07 Å². The van der Waals surface area contributed by atoms with Gasteiger partial charge < -0.3 is 4.74 Å². The van der Waals surface area contributed by atoms with Crippen molar-refractivity contribution in [3.05, 3.63) is 35.1 Å². The number of ether oxygens (including phenoxy) is 1. The molecular formula is C10H8BrF3O2. The minimum absolute atomic E-state index is 0.0915. The van der Waals surface area contributed by atoms with Crippen LogP contribution in [0.15, 0.2) is 12.1 Å². The van der Waals surface area contributed by atoms with Crippen LogP contribution in [-0.4, -0.2) is 17.9 Å². The van der Waals surface area contributed by atoms with Gasteiger partial charge in [0.25, 0.3) is 0 Å². The van der Waals surface area contributed by atoms with Gasteiger partial charge in [0.15, 0.2) is 11.6 Å². The lowest BCUT2D eigenvalue weighted by Crippen LogP contribution is -2.18. The van der Waals surface area contributed by atoms with Crippen molar-refractivity contribution in [2.24, 2.45) is 0 Å². The predicted molar refractivity (Wildman–Crippen MR) is 54.8 cm³/mol. The standard InChI is InChI=1S/C10H8BrF3O2/c1-16-10(15)6(11)2-5-3-8(13)9(14)4-7(5)12/h3-4,6H,2H2,1H3. The van der Waals surface area contributed by atoms with Gasteiger partial charge >= 0.3 is 5.97 Å². The number of halogens is 4. The lowest BCUT2D eigenvalue weighted by Gasteiger charge is -2.08. The summed E-state index contributed by atoms with van der Waals surface area (Å²) in [4.78, 5) is 10.2. The van der Waals surface area contributed by atoms with E-state index in [2.05, 4.69) is 20.7 Å². The van der Waals surface area contributed by atoms with Crippen molar-refractivity contribution >= 4 is 21.9 Å². The summed E-state index contributed by atoms with van der Waals surface area (Å²) in [5, 5.41) is 0. The van der Waals surface area contributed by atoms with E-state index >= 15 is 0 Å². The molecule has 1 aromatic rings. The Labute approximate surface area is 98.5 Å². The molecule has 0 spiro atoms.